The highest BCUT2D eigenvalue weighted by molar-refractivity contribution is 5.70. The lowest BCUT2D eigenvalue weighted by Gasteiger charge is -2.38. The zero-order chi connectivity index (χ0) is 13.9. The van der Waals surface area contributed by atoms with Crippen molar-refractivity contribution < 1.29 is 9.90 Å². The topological polar surface area (TPSA) is 52.6 Å². The number of carboxylic acid groups (broad SMARTS) is 1. The molecule has 1 heterocycles. The highest BCUT2D eigenvalue weighted by atomic mass is 16.4. The second-order valence-corrected chi connectivity index (χ2v) is 7.19. The van der Waals surface area contributed by atoms with Crippen molar-refractivity contribution in [3.8, 4) is 0 Å². The number of carboxylic acids is 1. The lowest BCUT2D eigenvalue weighted by atomic mass is 9.93. The molecule has 1 aliphatic heterocycles. The quantitative estimate of drug-likeness (QED) is 0.781. The summed E-state index contributed by atoms with van der Waals surface area (Å²) in [6.45, 7) is 4.01. The van der Waals surface area contributed by atoms with Gasteiger partial charge in [-0.1, -0.05) is 12.8 Å². The number of aliphatic carboxylic acids is 1. The highest BCUT2D eigenvalue weighted by Crippen LogP contribution is 2.29. The van der Waals surface area contributed by atoms with Crippen LogP contribution in [-0.2, 0) is 4.79 Å². The first-order valence-electron chi connectivity index (χ1n) is 8.39. The molecule has 3 rings (SSSR count). The first kappa shape index (κ1) is 14.3. The average Bonchev–Trinajstić information content (AvgIpc) is 3.13. The van der Waals surface area contributed by atoms with Gasteiger partial charge < -0.3 is 15.3 Å². The SMILES string of the molecule is O=C(O)C1CC(NCC2CC2)CN(CC2CCCC2)C1. The molecule has 4 heteroatoms. The molecule has 0 aromatic heterocycles. The fourth-order valence-corrected chi connectivity index (χ4v) is 3.88. The molecule has 0 spiro atoms. The van der Waals surface area contributed by atoms with Crippen LogP contribution in [0.2, 0.25) is 0 Å². The Morgan fingerprint density at radius 3 is 2.50 bits per heavy atom. The molecular weight excluding hydrogens is 252 g/mol. The molecule has 0 aromatic carbocycles. The Kier molecular flexibility index (Phi) is 4.61. The maximum atomic E-state index is 11.4. The van der Waals surface area contributed by atoms with Crippen LogP contribution >= 0.6 is 0 Å². The number of likely N-dealkylation sites (tertiary alicyclic amines) is 1. The largest absolute Gasteiger partial charge is 0.481 e. The van der Waals surface area contributed by atoms with Crippen molar-refractivity contribution in [2.75, 3.05) is 26.2 Å². The summed E-state index contributed by atoms with van der Waals surface area (Å²) >= 11 is 0. The van der Waals surface area contributed by atoms with Gasteiger partial charge in [0.15, 0.2) is 0 Å². The number of piperidine rings is 1. The van der Waals surface area contributed by atoms with E-state index in [1.807, 2.05) is 0 Å². The minimum absolute atomic E-state index is 0.179. The third-order valence-corrected chi connectivity index (χ3v) is 5.26. The molecule has 0 bridgehead atoms. The van der Waals surface area contributed by atoms with Gasteiger partial charge in [-0.05, 0) is 50.5 Å². The number of nitrogens with zero attached hydrogens (tertiary/aromatic N) is 1. The fraction of sp³-hybridized carbons (Fsp3) is 0.938. The Hall–Kier alpha value is -0.610. The van der Waals surface area contributed by atoms with E-state index in [2.05, 4.69) is 10.2 Å². The van der Waals surface area contributed by atoms with Gasteiger partial charge in [-0.3, -0.25) is 4.79 Å². The van der Waals surface area contributed by atoms with Gasteiger partial charge >= 0.3 is 5.97 Å². The van der Waals surface area contributed by atoms with Crippen molar-refractivity contribution in [1.82, 2.24) is 10.2 Å². The number of nitrogens with one attached hydrogen (secondary N) is 1. The summed E-state index contributed by atoms with van der Waals surface area (Å²) in [6, 6.07) is 0.381. The van der Waals surface area contributed by atoms with Crippen LogP contribution in [0.15, 0.2) is 0 Å². The van der Waals surface area contributed by atoms with Crippen molar-refractivity contribution in [3.63, 3.8) is 0 Å². The van der Waals surface area contributed by atoms with Crippen molar-refractivity contribution in [2.24, 2.45) is 17.8 Å². The van der Waals surface area contributed by atoms with E-state index in [1.54, 1.807) is 0 Å². The Balaban J connectivity index is 1.52. The maximum Gasteiger partial charge on any atom is 0.307 e. The lowest BCUT2D eigenvalue weighted by molar-refractivity contribution is -0.144. The first-order chi connectivity index (χ1) is 9.70. The third-order valence-electron chi connectivity index (χ3n) is 5.26. The van der Waals surface area contributed by atoms with Gasteiger partial charge in [-0.25, -0.2) is 0 Å². The van der Waals surface area contributed by atoms with Crippen LogP contribution in [0, 0.1) is 17.8 Å². The first-order valence-corrected chi connectivity index (χ1v) is 8.39. The molecule has 3 aliphatic rings. The molecule has 3 fully saturated rings. The fourth-order valence-electron chi connectivity index (χ4n) is 3.88. The van der Waals surface area contributed by atoms with Gasteiger partial charge in [-0.15, -0.1) is 0 Å². The molecule has 2 unspecified atom stereocenters. The minimum Gasteiger partial charge on any atom is -0.481 e. The molecule has 0 aromatic rings. The molecule has 20 heavy (non-hydrogen) atoms. The second-order valence-electron chi connectivity index (χ2n) is 7.19. The van der Waals surface area contributed by atoms with Gasteiger partial charge in [0, 0.05) is 25.7 Å². The smallest absolute Gasteiger partial charge is 0.307 e. The molecule has 2 saturated carbocycles. The standard InChI is InChI=1S/C16H28N2O2/c19-16(20)14-7-15(17-8-12-5-6-12)11-18(10-14)9-13-3-1-2-4-13/h12-15,17H,1-11H2,(H,19,20). The number of hydrogen-bond acceptors (Lipinski definition) is 3. The van der Waals surface area contributed by atoms with Gasteiger partial charge in [0.2, 0.25) is 0 Å². The van der Waals surface area contributed by atoms with E-state index >= 15 is 0 Å². The molecule has 114 valence electrons. The Bertz CT molecular complexity index is 337. The van der Waals surface area contributed by atoms with Gasteiger partial charge in [0.05, 0.1) is 5.92 Å². The molecule has 0 radical (unpaired) electrons. The van der Waals surface area contributed by atoms with Gasteiger partial charge in [0.1, 0.15) is 0 Å². The van der Waals surface area contributed by atoms with Crippen LogP contribution < -0.4 is 5.32 Å². The Labute approximate surface area is 121 Å². The number of carbonyl (C=O) groups is 1. The summed E-state index contributed by atoms with van der Waals surface area (Å²) in [4.78, 5) is 13.8. The molecule has 2 atom stereocenters. The van der Waals surface area contributed by atoms with E-state index < -0.39 is 5.97 Å². The van der Waals surface area contributed by atoms with Crippen molar-refractivity contribution in [2.45, 2.75) is 51.0 Å². The zero-order valence-electron chi connectivity index (χ0n) is 12.4. The molecule has 2 aliphatic carbocycles. The normalized spacial score (nSPS) is 32.6. The molecule has 1 saturated heterocycles. The van der Waals surface area contributed by atoms with E-state index in [1.165, 1.54) is 38.5 Å². The van der Waals surface area contributed by atoms with Crippen LogP contribution in [0.1, 0.15) is 44.9 Å². The van der Waals surface area contributed by atoms with Crippen LogP contribution in [0.25, 0.3) is 0 Å². The van der Waals surface area contributed by atoms with E-state index in [4.69, 9.17) is 0 Å². The van der Waals surface area contributed by atoms with Crippen LogP contribution in [0.4, 0.5) is 0 Å². The van der Waals surface area contributed by atoms with Crippen LogP contribution in [0.3, 0.4) is 0 Å². The van der Waals surface area contributed by atoms with E-state index in [-0.39, 0.29) is 5.92 Å². The molecular formula is C16H28N2O2. The summed E-state index contributed by atoms with van der Waals surface area (Å²) in [6.07, 6.45) is 8.93. The van der Waals surface area contributed by atoms with E-state index in [0.29, 0.717) is 6.04 Å². The second kappa shape index (κ2) is 6.44. The predicted octanol–water partition coefficient (Wildman–Crippen LogP) is 1.95. The van der Waals surface area contributed by atoms with Crippen LogP contribution in [-0.4, -0.2) is 48.2 Å². The lowest BCUT2D eigenvalue weighted by Crippen LogP contribution is -2.52. The summed E-state index contributed by atoms with van der Waals surface area (Å²) in [5.74, 6) is 0.885. The minimum atomic E-state index is -0.612. The number of rotatable bonds is 6. The summed E-state index contributed by atoms with van der Waals surface area (Å²) in [5, 5.41) is 13.0. The average molecular weight is 280 g/mol. The van der Waals surface area contributed by atoms with Crippen LogP contribution in [0.5, 0.6) is 0 Å². The number of hydrogen-bond donors (Lipinski definition) is 2. The molecule has 0 amide bonds. The third kappa shape index (κ3) is 3.95. The summed E-state index contributed by atoms with van der Waals surface area (Å²) < 4.78 is 0. The Morgan fingerprint density at radius 2 is 1.85 bits per heavy atom. The van der Waals surface area contributed by atoms with E-state index in [0.717, 1.165) is 44.4 Å². The van der Waals surface area contributed by atoms with Crippen molar-refractivity contribution in [1.29, 1.82) is 0 Å². The maximum absolute atomic E-state index is 11.4. The monoisotopic (exact) mass is 280 g/mol. The molecule has 4 nitrogen and oxygen atoms in total. The summed E-state index contributed by atoms with van der Waals surface area (Å²) in [7, 11) is 0. The van der Waals surface area contributed by atoms with Crippen molar-refractivity contribution >= 4 is 5.97 Å². The van der Waals surface area contributed by atoms with Gasteiger partial charge in [-0.2, -0.15) is 0 Å². The summed E-state index contributed by atoms with van der Waals surface area (Å²) in [5.41, 5.74) is 0. The van der Waals surface area contributed by atoms with Crippen molar-refractivity contribution in [3.05, 3.63) is 0 Å². The molecule has 2 N–H and O–H groups in total. The highest BCUT2D eigenvalue weighted by Gasteiger charge is 2.33. The Morgan fingerprint density at radius 1 is 1.10 bits per heavy atom. The predicted molar refractivity (Wildman–Crippen MR) is 78.7 cm³/mol. The van der Waals surface area contributed by atoms with Gasteiger partial charge in [0.25, 0.3) is 0 Å². The zero-order valence-corrected chi connectivity index (χ0v) is 12.4. The van der Waals surface area contributed by atoms with E-state index in [9.17, 15) is 9.90 Å².